The number of nitrogens with one attached hydrogen (secondary N) is 1. The van der Waals surface area contributed by atoms with Crippen LogP contribution in [0.4, 0.5) is 4.79 Å². The Hall–Kier alpha value is -1.63. The molecule has 20 heavy (non-hydrogen) atoms. The summed E-state index contributed by atoms with van der Waals surface area (Å²) in [5, 5.41) is 10.7. The van der Waals surface area contributed by atoms with E-state index in [1.165, 1.54) is 6.42 Å². The van der Waals surface area contributed by atoms with Gasteiger partial charge in [0.1, 0.15) is 0 Å². The number of nitrogens with two attached hydrogens (primary N) is 1. The molecule has 1 saturated carbocycles. The third-order valence-electron chi connectivity index (χ3n) is 4.76. The van der Waals surface area contributed by atoms with Gasteiger partial charge in [-0.15, -0.1) is 5.10 Å². The van der Waals surface area contributed by atoms with E-state index >= 15 is 0 Å². The van der Waals surface area contributed by atoms with E-state index in [4.69, 9.17) is 5.73 Å². The van der Waals surface area contributed by atoms with Crippen LogP contribution in [0.1, 0.15) is 31.9 Å². The van der Waals surface area contributed by atoms with Crippen molar-refractivity contribution in [1.82, 2.24) is 25.2 Å². The first-order valence-electron chi connectivity index (χ1n) is 7.30. The van der Waals surface area contributed by atoms with Gasteiger partial charge >= 0.3 is 6.03 Å². The Morgan fingerprint density at radius 3 is 3.00 bits per heavy atom. The fraction of sp³-hybridized carbons (Fsp3) is 0.769. The minimum Gasteiger partial charge on any atom is -0.332 e. The number of aryl methyl sites for hydroxylation is 1. The predicted molar refractivity (Wildman–Crippen MR) is 73.8 cm³/mol. The molecular formula is C13H22N6O. The van der Waals surface area contributed by atoms with Crippen LogP contribution in [0.15, 0.2) is 6.20 Å². The molecule has 110 valence electrons. The van der Waals surface area contributed by atoms with Crippen LogP contribution in [0.5, 0.6) is 0 Å². The Morgan fingerprint density at radius 1 is 1.60 bits per heavy atom. The molecule has 0 bridgehead atoms. The van der Waals surface area contributed by atoms with Gasteiger partial charge in [-0.1, -0.05) is 11.6 Å². The standard InChI is InChI=1S/C13H22N6O/c1-2-19-10(7-16-17-19)6-15-12(20)18-8-11(14)13(9-18)4-3-5-13/h7,11H,2-6,8-9,14H2,1H3,(H,15,20). The summed E-state index contributed by atoms with van der Waals surface area (Å²) in [6.45, 7) is 4.67. The molecule has 0 radical (unpaired) electrons. The lowest BCUT2D eigenvalue weighted by atomic mass is 9.66. The quantitative estimate of drug-likeness (QED) is 0.833. The molecule has 2 fully saturated rings. The molecule has 1 aliphatic heterocycles. The third kappa shape index (κ3) is 2.15. The summed E-state index contributed by atoms with van der Waals surface area (Å²) < 4.78 is 1.78. The number of aromatic nitrogens is 3. The van der Waals surface area contributed by atoms with Crippen molar-refractivity contribution in [3.8, 4) is 0 Å². The highest BCUT2D eigenvalue weighted by molar-refractivity contribution is 5.74. The summed E-state index contributed by atoms with van der Waals surface area (Å²) in [4.78, 5) is 14.1. The van der Waals surface area contributed by atoms with Crippen molar-refractivity contribution in [3.05, 3.63) is 11.9 Å². The first-order chi connectivity index (χ1) is 9.64. The summed E-state index contributed by atoms with van der Waals surface area (Å²) in [5.41, 5.74) is 7.31. The maximum atomic E-state index is 12.2. The Balaban J connectivity index is 1.55. The molecule has 2 amide bonds. The summed E-state index contributed by atoms with van der Waals surface area (Å²) in [6.07, 6.45) is 5.24. The summed E-state index contributed by atoms with van der Waals surface area (Å²) in [5.74, 6) is 0. The molecule has 1 aromatic rings. The van der Waals surface area contributed by atoms with E-state index in [0.717, 1.165) is 31.6 Å². The molecule has 3 N–H and O–H groups in total. The molecule has 1 unspecified atom stereocenters. The van der Waals surface area contributed by atoms with Gasteiger partial charge in [-0.05, 0) is 19.8 Å². The van der Waals surface area contributed by atoms with Gasteiger partial charge in [0.15, 0.2) is 0 Å². The zero-order chi connectivity index (χ0) is 14.2. The van der Waals surface area contributed by atoms with E-state index in [9.17, 15) is 4.79 Å². The Kier molecular flexibility index (Phi) is 3.37. The lowest BCUT2D eigenvalue weighted by Crippen LogP contribution is -2.45. The van der Waals surface area contributed by atoms with Crippen LogP contribution in [-0.2, 0) is 13.1 Å². The lowest BCUT2D eigenvalue weighted by Gasteiger charge is -2.41. The molecule has 1 atom stereocenters. The Bertz CT molecular complexity index is 495. The van der Waals surface area contributed by atoms with Gasteiger partial charge < -0.3 is 16.0 Å². The molecule has 0 aromatic carbocycles. The first-order valence-corrected chi connectivity index (χ1v) is 7.30. The fourth-order valence-corrected chi connectivity index (χ4v) is 3.27. The average molecular weight is 278 g/mol. The van der Waals surface area contributed by atoms with E-state index in [2.05, 4.69) is 15.6 Å². The monoisotopic (exact) mass is 278 g/mol. The van der Waals surface area contributed by atoms with Crippen LogP contribution in [0.25, 0.3) is 0 Å². The van der Waals surface area contributed by atoms with Gasteiger partial charge in [0.2, 0.25) is 0 Å². The molecule has 2 heterocycles. The number of rotatable bonds is 3. The molecule has 1 aliphatic carbocycles. The number of carbonyl (C=O) groups is 1. The second-order valence-electron chi connectivity index (χ2n) is 5.90. The number of hydrogen-bond donors (Lipinski definition) is 2. The van der Waals surface area contributed by atoms with Crippen LogP contribution in [0.3, 0.4) is 0 Å². The van der Waals surface area contributed by atoms with Crippen LogP contribution >= 0.6 is 0 Å². The number of carbonyl (C=O) groups excluding carboxylic acids is 1. The lowest BCUT2D eigenvalue weighted by molar-refractivity contribution is 0.125. The maximum Gasteiger partial charge on any atom is 0.317 e. The zero-order valence-corrected chi connectivity index (χ0v) is 11.9. The zero-order valence-electron chi connectivity index (χ0n) is 11.9. The third-order valence-corrected chi connectivity index (χ3v) is 4.76. The van der Waals surface area contributed by atoms with Crippen molar-refractivity contribution >= 4 is 6.03 Å². The predicted octanol–water partition coefficient (Wildman–Crippen LogP) is 0.321. The number of nitrogens with zero attached hydrogens (tertiary/aromatic N) is 4. The fourth-order valence-electron chi connectivity index (χ4n) is 3.27. The molecule has 7 heteroatoms. The van der Waals surface area contributed by atoms with E-state index in [0.29, 0.717) is 13.1 Å². The van der Waals surface area contributed by atoms with Gasteiger partial charge in [-0.2, -0.15) is 0 Å². The average Bonchev–Trinajstić information content (AvgIpc) is 2.98. The number of likely N-dealkylation sites (tertiary alicyclic amines) is 1. The van der Waals surface area contributed by atoms with Gasteiger partial charge in [0, 0.05) is 31.1 Å². The second kappa shape index (κ2) is 5.05. The van der Waals surface area contributed by atoms with Crippen LogP contribution in [-0.4, -0.2) is 45.1 Å². The normalized spacial score (nSPS) is 23.9. The Labute approximate surface area is 118 Å². The van der Waals surface area contributed by atoms with Crippen molar-refractivity contribution in [2.75, 3.05) is 13.1 Å². The van der Waals surface area contributed by atoms with Crippen molar-refractivity contribution in [3.63, 3.8) is 0 Å². The number of hydrogen-bond acceptors (Lipinski definition) is 4. The van der Waals surface area contributed by atoms with E-state index in [1.54, 1.807) is 10.9 Å². The highest BCUT2D eigenvalue weighted by Gasteiger charge is 2.49. The topological polar surface area (TPSA) is 89.1 Å². The highest BCUT2D eigenvalue weighted by Crippen LogP contribution is 2.47. The van der Waals surface area contributed by atoms with Crippen LogP contribution in [0, 0.1) is 5.41 Å². The van der Waals surface area contributed by atoms with E-state index < -0.39 is 0 Å². The number of urea groups is 1. The van der Waals surface area contributed by atoms with Crippen molar-refractivity contribution in [1.29, 1.82) is 0 Å². The van der Waals surface area contributed by atoms with Crippen molar-refractivity contribution < 1.29 is 4.79 Å². The molecular weight excluding hydrogens is 256 g/mol. The van der Waals surface area contributed by atoms with Gasteiger partial charge in [0.05, 0.1) is 18.4 Å². The molecule has 1 saturated heterocycles. The smallest absolute Gasteiger partial charge is 0.317 e. The van der Waals surface area contributed by atoms with E-state index in [-0.39, 0.29) is 17.5 Å². The van der Waals surface area contributed by atoms with Gasteiger partial charge in [-0.3, -0.25) is 0 Å². The van der Waals surface area contributed by atoms with E-state index in [1.807, 2.05) is 11.8 Å². The number of amides is 2. The largest absolute Gasteiger partial charge is 0.332 e. The van der Waals surface area contributed by atoms with Crippen molar-refractivity contribution in [2.45, 2.75) is 45.3 Å². The van der Waals surface area contributed by atoms with Crippen LogP contribution in [0.2, 0.25) is 0 Å². The molecule has 7 nitrogen and oxygen atoms in total. The summed E-state index contributed by atoms with van der Waals surface area (Å²) >= 11 is 0. The summed E-state index contributed by atoms with van der Waals surface area (Å²) in [7, 11) is 0. The van der Waals surface area contributed by atoms with Gasteiger partial charge in [0.25, 0.3) is 0 Å². The molecule has 2 aliphatic rings. The summed E-state index contributed by atoms with van der Waals surface area (Å²) in [6, 6.07) is 0.0953. The highest BCUT2D eigenvalue weighted by atomic mass is 16.2. The molecule has 3 rings (SSSR count). The molecule has 1 spiro atoms. The minimum atomic E-state index is -0.0342. The minimum absolute atomic E-state index is 0.0342. The van der Waals surface area contributed by atoms with Crippen LogP contribution < -0.4 is 11.1 Å². The van der Waals surface area contributed by atoms with Crippen molar-refractivity contribution in [2.24, 2.45) is 11.1 Å². The SMILES string of the molecule is CCn1nncc1CNC(=O)N1CC(N)C2(CCC2)C1. The first kappa shape index (κ1) is 13.4. The molecule has 1 aromatic heterocycles. The second-order valence-corrected chi connectivity index (χ2v) is 5.90. The van der Waals surface area contributed by atoms with Gasteiger partial charge in [-0.25, -0.2) is 9.48 Å². The Morgan fingerprint density at radius 2 is 2.40 bits per heavy atom. The maximum absolute atomic E-state index is 12.2.